The van der Waals surface area contributed by atoms with Gasteiger partial charge in [-0.3, -0.25) is 14.4 Å². The molecule has 0 aliphatic rings. The molecule has 162 valence electrons. The van der Waals surface area contributed by atoms with Gasteiger partial charge >= 0.3 is 0 Å². The summed E-state index contributed by atoms with van der Waals surface area (Å²) in [7, 11) is -3.74. The molecule has 2 amide bonds. The molecule has 0 radical (unpaired) electrons. The highest BCUT2D eigenvalue weighted by Gasteiger charge is 2.12. The van der Waals surface area contributed by atoms with E-state index in [-0.39, 0.29) is 29.3 Å². The van der Waals surface area contributed by atoms with Crippen molar-refractivity contribution in [3.8, 4) is 0 Å². The maximum Gasteiger partial charge on any atom is 0.272 e. The molecule has 1 aromatic heterocycles. The number of hydrogen-bond acceptors (Lipinski definition) is 6. The normalized spacial score (nSPS) is 11.3. The molecule has 0 saturated heterocycles. The van der Waals surface area contributed by atoms with E-state index in [2.05, 4.69) is 20.8 Å². The van der Waals surface area contributed by atoms with E-state index < -0.39 is 15.9 Å². The Hall–Kier alpha value is -3.57. The predicted octanol–water partition coefficient (Wildman–Crippen LogP) is -0.412. The predicted molar refractivity (Wildman–Crippen MR) is 114 cm³/mol. The highest BCUT2D eigenvalue weighted by Crippen LogP contribution is 2.12. The third-order valence-corrected chi connectivity index (χ3v) is 5.47. The highest BCUT2D eigenvalue weighted by atomic mass is 32.2. The third-order valence-electron chi connectivity index (χ3n) is 4.54. The van der Waals surface area contributed by atoms with Crippen LogP contribution in [-0.4, -0.2) is 43.5 Å². The molecular weight excluding hydrogens is 422 g/mol. The number of carbonyl (C=O) groups is 2. The molecule has 3 aromatic rings. The van der Waals surface area contributed by atoms with Gasteiger partial charge in [-0.05, 0) is 30.2 Å². The second kappa shape index (κ2) is 9.49. The second-order valence-corrected chi connectivity index (χ2v) is 8.35. The fourth-order valence-electron chi connectivity index (χ4n) is 2.95. The van der Waals surface area contributed by atoms with Crippen LogP contribution >= 0.6 is 0 Å². The van der Waals surface area contributed by atoms with Crippen LogP contribution in [0.5, 0.6) is 0 Å². The summed E-state index contributed by atoms with van der Waals surface area (Å²) in [5, 5.41) is 17.6. The van der Waals surface area contributed by atoms with Gasteiger partial charge in [0.05, 0.1) is 28.9 Å². The van der Waals surface area contributed by atoms with Crippen molar-refractivity contribution >= 4 is 32.6 Å². The monoisotopic (exact) mass is 443 g/mol. The lowest BCUT2D eigenvalue weighted by molar-refractivity contribution is -0.125. The van der Waals surface area contributed by atoms with Crippen molar-refractivity contribution in [2.75, 3.05) is 13.1 Å². The molecule has 0 aliphatic heterocycles. The Bertz CT molecular complexity index is 1270. The molecule has 1 heterocycles. The summed E-state index contributed by atoms with van der Waals surface area (Å²) in [4.78, 5) is 35.9. The molecule has 0 fully saturated rings. The number of H-pyrrole nitrogens is 1. The van der Waals surface area contributed by atoms with Crippen LogP contribution in [0.15, 0.2) is 58.2 Å². The molecule has 5 N–H and O–H groups in total. The van der Waals surface area contributed by atoms with Gasteiger partial charge in [-0.15, -0.1) is 0 Å². The average molecular weight is 443 g/mol. The van der Waals surface area contributed by atoms with Crippen molar-refractivity contribution in [3.63, 3.8) is 0 Å². The van der Waals surface area contributed by atoms with Crippen LogP contribution in [0.1, 0.15) is 11.3 Å². The Morgan fingerprint density at radius 3 is 2.32 bits per heavy atom. The Labute approximate surface area is 177 Å². The summed E-state index contributed by atoms with van der Waals surface area (Å²) >= 11 is 0. The molecule has 2 aromatic carbocycles. The number of nitrogens with one attached hydrogen (secondary N) is 3. The summed E-state index contributed by atoms with van der Waals surface area (Å²) in [6, 6.07) is 12.9. The zero-order chi connectivity index (χ0) is 22.4. The number of carbonyl (C=O) groups excluding carboxylic acids is 2. The van der Waals surface area contributed by atoms with Gasteiger partial charge in [0.25, 0.3) is 5.56 Å². The minimum atomic E-state index is -3.74. The van der Waals surface area contributed by atoms with Crippen molar-refractivity contribution < 1.29 is 18.0 Å². The minimum Gasteiger partial charge on any atom is -0.354 e. The maximum absolute atomic E-state index is 12.2. The zero-order valence-corrected chi connectivity index (χ0v) is 17.2. The van der Waals surface area contributed by atoms with Gasteiger partial charge in [0, 0.05) is 11.9 Å². The van der Waals surface area contributed by atoms with Crippen molar-refractivity contribution in [3.05, 3.63) is 70.1 Å². The topological polar surface area (TPSA) is 164 Å². The number of sulfonamides is 1. The number of nitrogens with zero attached hydrogens (tertiary/aromatic N) is 1. The van der Waals surface area contributed by atoms with Crippen LogP contribution in [0.2, 0.25) is 0 Å². The van der Waals surface area contributed by atoms with E-state index in [1.54, 1.807) is 36.4 Å². The number of rotatable bonds is 8. The lowest BCUT2D eigenvalue weighted by Gasteiger charge is -2.08. The van der Waals surface area contributed by atoms with Crippen molar-refractivity contribution in [2.24, 2.45) is 5.14 Å². The van der Waals surface area contributed by atoms with Gasteiger partial charge in [-0.1, -0.05) is 30.3 Å². The Kier molecular flexibility index (Phi) is 6.78. The van der Waals surface area contributed by atoms with Gasteiger partial charge in [0.15, 0.2) is 0 Å². The van der Waals surface area contributed by atoms with E-state index in [0.29, 0.717) is 29.4 Å². The molecule has 0 bridgehead atoms. The number of aromatic amines is 1. The van der Waals surface area contributed by atoms with Crippen molar-refractivity contribution in [2.45, 2.75) is 17.7 Å². The molecule has 0 saturated carbocycles. The summed E-state index contributed by atoms with van der Waals surface area (Å²) in [5.74, 6) is -0.771. The van der Waals surface area contributed by atoms with Crippen LogP contribution in [0.4, 0.5) is 0 Å². The molecule has 0 unspecified atom stereocenters. The van der Waals surface area contributed by atoms with Gasteiger partial charge in [0.1, 0.15) is 0 Å². The molecule has 0 spiro atoms. The molecule has 10 nitrogen and oxygen atoms in total. The molecule has 0 aliphatic carbocycles. The van der Waals surface area contributed by atoms with Crippen LogP contribution < -0.4 is 21.3 Å². The minimum absolute atomic E-state index is 0.0211. The number of hydrogen-bond donors (Lipinski definition) is 4. The number of primary sulfonamides is 1. The molecule has 31 heavy (non-hydrogen) atoms. The summed E-state index contributed by atoms with van der Waals surface area (Å²) < 4.78 is 22.5. The lowest BCUT2D eigenvalue weighted by atomic mass is 10.1. The van der Waals surface area contributed by atoms with E-state index in [1.165, 1.54) is 12.1 Å². The molecule has 3 rings (SSSR count). The lowest BCUT2D eigenvalue weighted by Crippen LogP contribution is -2.38. The molecular formula is C20H21N5O5S. The zero-order valence-electron chi connectivity index (χ0n) is 16.4. The smallest absolute Gasteiger partial charge is 0.272 e. The number of amides is 2. The first-order valence-electron chi connectivity index (χ1n) is 9.35. The van der Waals surface area contributed by atoms with E-state index in [9.17, 15) is 22.8 Å². The first-order valence-corrected chi connectivity index (χ1v) is 10.9. The summed E-state index contributed by atoms with van der Waals surface area (Å²) in [5.41, 5.74) is 0.905. The van der Waals surface area contributed by atoms with Gasteiger partial charge in [-0.25, -0.2) is 18.7 Å². The van der Waals surface area contributed by atoms with Gasteiger partial charge in [-0.2, -0.15) is 5.10 Å². The quantitative estimate of drug-likeness (QED) is 0.369. The highest BCUT2D eigenvalue weighted by molar-refractivity contribution is 7.89. The maximum atomic E-state index is 12.2. The first kappa shape index (κ1) is 22.1. The van der Waals surface area contributed by atoms with E-state index in [4.69, 9.17) is 5.14 Å². The van der Waals surface area contributed by atoms with Crippen molar-refractivity contribution in [1.82, 2.24) is 20.8 Å². The number of fused-ring (bicyclic) bond motifs is 1. The largest absolute Gasteiger partial charge is 0.354 e. The van der Waals surface area contributed by atoms with Gasteiger partial charge < -0.3 is 10.6 Å². The van der Waals surface area contributed by atoms with Crippen LogP contribution in [0.25, 0.3) is 10.8 Å². The Morgan fingerprint density at radius 1 is 0.968 bits per heavy atom. The van der Waals surface area contributed by atoms with Gasteiger partial charge in [0.2, 0.25) is 21.8 Å². The number of nitrogens with two attached hydrogens (primary N) is 1. The number of aromatic nitrogens is 2. The van der Waals surface area contributed by atoms with Crippen LogP contribution in [0, 0.1) is 0 Å². The summed E-state index contributed by atoms with van der Waals surface area (Å²) in [6.07, 6.45) is 0.402. The second-order valence-electron chi connectivity index (χ2n) is 6.79. The fourth-order valence-corrected chi connectivity index (χ4v) is 3.47. The van der Waals surface area contributed by atoms with Crippen LogP contribution in [0.3, 0.4) is 0 Å². The third kappa shape index (κ3) is 5.96. The van der Waals surface area contributed by atoms with Crippen molar-refractivity contribution in [1.29, 1.82) is 0 Å². The fraction of sp³-hybridized carbons (Fsp3) is 0.200. The summed E-state index contributed by atoms with van der Waals surface area (Å²) in [6.45, 7) is 0.111. The average Bonchev–Trinajstić information content (AvgIpc) is 2.74. The van der Waals surface area contributed by atoms with E-state index in [0.717, 1.165) is 5.56 Å². The Morgan fingerprint density at radius 2 is 1.65 bits per heavy atom. The first-order chi connectivity index (χ1) is 14.7. The van der Waals surface area contributed by atoms with E-state index in [1.807, 2.05) is 0 Å². The SMILES string of the molecule is NS(=O)(=O)c1ccc(CCNC(=O)CNC(=O)Cc2n[nH]c(=O)c3ccccc23)cc1. The molecule has 0 atom stereocenters. The Balaban J connectivity index is 1.45. The number of benzene rings is 2. The van der Waals surface area contributed by atoms with Crippen LogP contribution in [-0.2, 0) is 32.5 Å². The standard InChI is InChI=1S/C20H21N5O5S/c21-31(29,30)14-7-5-13(6-8-14)9-10-22-19(27)12-23-18(26)11-17-15-3-1-2-4-16(15)20(28)25-24-17/h1-8H,9-12H2,(H,22,27)(H,23,26)(H,25,28)(H2,21,29,30). The van der Waals surface area contributed by atoms with E-state index >= 15 is 0 Å². The molecule has 11 heteroatoms.